The summed E-state index contributed by atoms with van der Waals surface area (Å²) in [6.45, 7) is 0.100. The highest BCUT2D eigenvalue weighted by Gasteiger charge is 2.35. The molecule has 0 aromatic carbocycles. The number of carboxylic acids is 1. The number of amides is 2. The minimum atomic E-state index is -1.10. The first-order valence-corrected chi connectivity index (χ1v) is 6.91. The number of ether oxygens (including phenoxy) is 1. The van der Waals surface area contributed by atoms with Gasteiger partial charge in [0.2, 0.25) is 5.91 Å². The third-order valence-corrected chi connectivity index (χ3v) is 3.70. The van der Waals surface area contributed by atoms with E-state index in [0.717, 1.165) is 0 Å². The smallest absolute Gasteiger partial charge is 0.334 e. The van der Waals surface area contributed by atoms with Crippen molar-refractivity contribution in [2.45, 2.75) is 18.6 Å². The largest absolute Gasteiger partial charge is 0.479 e. The topological polar surface area (TPSA) is 105 Å². The minimum Gasteiger partial charge on any atom is -0.479 e. The molecule has 7 nitrogen and oxygen atoms in total. The second-order valence-corrected chi connectivity index (χ2v) is 5.20. The van der Waals surface area contributed by atoms with Gasteiger partial charge in [-0.15, -0.1) is 11.3 Å². The molecule has 20 heavy (non-hydrogen) atoms. The van der Waals surface area contributed by atoms with E-state index in [0.29, 0.717) is 17.9 Å². The minimum absolute atomic E-state index is 0.195. The van der Waals surface area contributed by atoms with Gasteiger partial charge in [0.25, 0.3) is 5.91 Å². The van der Waals surface area contributed by atoms with Crippen LogP contribution in [-0.4, -0.2) is 48.2 Å². The highest BCUT2D eigenvalue weighted by Crippen LogP contribution is 2.13. The zero-order valence-corrected chi connectivity index (χ0v) is 11.3. The Labute approximate surface area is 118 Å². The van der Waals surface area contributed by atoms with E-state index in [1.165, 1.54) is 11.3 Å². The third-order valence-electron chi connectivity index (χ3n) is 2.84. The quantitative estimate of drug-likeness (QED) is 0.700. The van der Waals surface area contributed by atoms with Crippen LogP contribution in [0.5, 0.6) is 0 Å². The normalized spacial score (nSPS) is 21.4. The lowest BCUT2D eigenvalue weighted by atomic mass is 10.1. The molecule has 3 N–H and O–H groups in total. The molecular weight excluding hydrogens is 284 g/mol. The van der Waals surface area contributed by atoms with E-state index < -0.39 is 24.0 Å². The van der Waals surface area contributed by atoms with Crippen molar-refractivity contribution >= 4 is 29.1 Å². The summed E-state index contributed by atoms with van der Waals surface area (Å²) in [5, 5.41) is 15.7. The second-order valence-electron chi connectivity index (χ2n) is 4.25. The van der Waals surface area contributed by atoms with Crippen LogP contribution in [0.1, 0.15) is 16.1 Å². The average Bonchev–Trinajstić information content (AvgIpc) is 3.06. The molecule has 2 rings (SSSR count). The van der Waals surface area contributed by atoms with Gasteiger partial charge in [0.05, 0.1) is 17.5 Å². The second kappa shape index (κ2) is 6.49. The van der Waals surface area contributed by atoms with Crippen molar-refractivity contribution in [3.63, 3.8) is 0 Å². The molecule has 1 aromatic rings. The van der Waals surface area contributed by atoms with Crippen molar-refractivity contribution in [2.75, 3.05) is 13.2 Å². The Balaban J connectivity index is 1.78. The summed E-state index contributed by atoms with van der Waals surface area (Å²) in [6.07, 6.45) is -0.575. The van der Waals surface area contributed by atoms with Gasteiger partial charge in [0, 0.05) is 6.61 Å². The van der Waals surface area contributed by atoms with Crippen LogP contribution >= 0.6 is 11.3 Å². The Morgan fingerprint density at radius 3 is 2.90 bits per heavy atom. The SMILES string of the molecule is O=C(CNC(=O)c1cccs1)N[C@H]1CCO[C@H]1C(=O)O. The monoisotopic (exact) mass is 298 g/mol. The fourth-order valence-electron chi connectivity index (χ4n) is 1.89. The van der Waals surface area contributed by atoms with Crippen molar-refractivity contribution in [3.05, 3.63) is 22.4 Å². The molecular formula is C12H14N2O5S. The number of rotatable bonds is 5. The Bertz CT molecular complexity index is 502. The molecule has 1 aliphatic rings. The Morgan fingerprint density at radius 2 is 2.25 bits per heavy atom. The van der Waals surface area contributed by atoms with Crippen molar-refractivity contribution < 1.29 is 24.2 Å². The average molecular weight is 298 g/mol. The molecule has 2 atom stereocenters. The van der Waals surface area contributed by atoms with E-state index in [2.05, 4.69) is 10.6 Å². The van der Waals surface area contributed by atoms with Crippen molar-refractivity contribution in [1.29, 1.82) is 0 Å². The van der Waals surface area contributed by atoms with Gasteiger partial charge in [0.1, 0.15) is 0 Å². The molecule has 0 aliphatic carbocycles. The molecule has 0 bridgehead atoms. The molecule has 1 fully saturated rings. The van der Waals surface area contributed by atoms with E-state index in [-0.39, 0.29) is 12.5 Å². The first-order valence-electron chi connectivity index (χ1n) is 6.03. The number of carboxylic acid groups (broad SMARTS) is 1. The highest BCUT2D eigenvalue weighted by atomic mass is 32.1. The summed E-state index contributed by atoms with van der Waals surface area (Å²) in [6, 6.07) is 2.84. The van der Waals surface area contributed by atoms with Gasteiger partial charge in [-0.1, -0.05) is 6.07 Å². The van der Waals surface area contributed by atoms with Crippen LogP contribution in [0.4, 0.5) is 0 Å². The standard InChI is InChI=1S/C12H14N2O5S/c15-9(6-13-11(16)8-2-1-5-20-8)14-7-3-4-19-10(7)12(17)18/h1-2,5,7,10H,3-4,6H2,(H,13,16)(H,14,15)(H,17,18)/t7-,10+/m0/s1. The molecule has 0 saturated carbocycles. The summed E-state index contributed by atoms with van der Waals surface area (Å²) >= 11 is 1.28. The van der Waals surface area contributed by atoms with Gasteiger partial charge in [-0.3, -0.25) is 9.59 Å². The lowest BCUT2D eigenvalue weighted by Crippen LogP contribution is -2.47. The molecule has 1 saturated heterocycles. The van der Waals surface area contributed by atoms with Crippen molar-refractivity contribution in [2.24, 2.45) is 0 Å². The van der Waals surface area contributed by atoms with Crippen LogP contribution < -0.4 is 10.6 Å². The van der Waals surface area contributed by atoms with Crippen LogP contribution in [-0.2, 0) is 14.3 Å². The van der Waals surface area contributed by atoms with Gasteiger partial charge in [-0.05, 0) is 17.9 Å². The number of carbonyl (C=O) groups excluding carboxylic acids is 2. The number of carbonyl (C=O) groups is 3. The number of hydrogen-bond donors (Lipinski definition) is 3. The number of nitrogens with one attached hydrogen (secondary N) is 2. The first kappa shape index (κ1) is 14.5. The van der Waals surface area contributed by atoms with Gasteiger partial charge < -0.3 is 20.5 Å². The van der Waals surface area contributed by atoms with Crippen LogP contribution in [0.25, 0.3) is 0 Å². The summed E-state index contributed by atoms with van der Waals surface area (Å²) in [5.41, 5.74) is 0. The molecule has 0 radical (unpaired) electrons. The maximum atomic E-state index is 11.7. The molecule has 1 aromatic heterocycles. The maximum Gasteiger partial charge on any atom is 0.334 e. The predicted octanol–water partition coefficient (Wildman–Crippen LogP) is -0.164. The highest BCUT2D eigenvalue weighted by molar-refractivity contribution is 7.12. The molecule has 8 heteroatoms. The molecule has 0 spiro atoms. The van der Waals surface area contributed by atoms with E-state index in [4.69, 9.17) is 9.84 Å². The van der Waals surface area contributed by atoms with Crippen LogP contribution in [0.15, 0.2) is 17.5 Å². The van der Waals surface area contributed by atoms with Gasteiger partial charge in [-0.2, -0.15) is 0 Å². The summed E-state index contributed by atoms with van der Waals surface area (Å²) in [5.74, 6) is -1.86. The fraction of sp³-hybridized carbons (Fsp3) is 0.417. The van der Waals surface area contributed by atoms with Crippen LogP contribution in [0, 0.1) is 0 Å². The van der Waals surface area contributed by atoms with Crippen LogP contribution in [0.2, 0.25) is 0 Å². The van der Waals surface area contributed by atoms with Crippen molar-refractivity contribution in [1.82, 2.24) is 10.6 Å². The number of thiophene rings is 1. The van der Waals surface area contributed by atoms with Crippen LogP contribution in [0.3, 0.4) is 0 Å². The molecule has 2 amide bonds. The summed E-state index contributed by atoms with van der Waals surface area (Å²) < 4.78 is 5.01. The number of aliphatic carboxylic acids is 1. The Kier molecular flexibility index (Phi) is 4.70. The fourth-order valence-corrected chi connectivity index (χ4v) is 2.53. The number of hydrogen-bond acceptors (Lipinski definition) is 5. The lowest BCUT2D eigenvalue weighted by Gasteiger charge is -2.16. The molecule has 2 heterocycles. The Morgan fingerprint density at radius 1 is 1.45 bits per heavy atom. The summed E-state index contributed by atoms with van der Waals surface area (Å²) in [7, 11) is 0. The summed E-state index contributed by atoms with van der Waals surface area (Å²) in [4.78, 5) is 34.7. The molecule has 0 unspecified atom stereocenters. The predicted molar refractivity (Wildman–Crippen MR) is 70.6 cm³/mol. The Hall–Kier alpha value is -1.93. The van der Waals surface area contributed by atoms with Gasteiger partial charge in [-0.25, -0.2) is 4.79 Å². The van der Waals surface area contributed by atoms with E-state index >= 15 is 0 Å². The zero-order valence-electron chi connectivity index (χ0n) is 10.5. The lowest BCUT2D eigenvalue weighted by molar-refractivity contribution is -0.148. The van der Waals surface area contributed by atoms with Crippen molar-refractivity contribution in [3.8, 4) is 0 Å². The van der Waals surface area contributed by atoms with Gasteiger partial charge >= 0.3 is 5.97 Å². The molecule has 1 aliphatic heterocycles. The first-order chi connectivity index (χ1) is 9.58. The zero-order chi connectivity index (χ0) is 14.5. The van der Waals surface area contributed by atoms with E-state index in [1.54, 1.807) is 17.5 Å². The van der Waals surface area contributed by atoms with E-state index in [1.807, 2.05) is 0 Å². The molecule has 108 valence electrons. The third kappa shape index (κ3) is 3.55. The van der Waals surface area contributed by atoms with E-state index in [9.17, 15) is 14.4 Å². The van der Waals surface area contributed by atoms with Gasteiger partial charge in [0.15, 0.2) is 6.10 Å². The maximum absolute atomic E-state index is 11.7.